The van der Waals surface area contributed by atoms with Crippen LogP contribution in [0.5, 0.6) is 0 Å². The van der Waals surface area contributed by atoms with E-state index >= 15 is 0 Å². The lowest BCUT2D eigenvalue weighted by molar-refractivity contribution is 0.0763. The van der Waals surface area contributed by atoms with Crippen LogP contribution in [-0.4, -0.2) is 13.9 Å². The highest BCUT2D eigenvalue weighted by Gasteiger charge is 2.16. The van der Waals surface area contributed by atoms with Gasteiger partial charge in [-0.15, -0.1) is 0 Å². The van der Waals surface area contributed by atoms with Crippen molar-refractivity contribution in [3.05, 3.63) is 24.2 Å². The lowest BCUT2D eigenvalue weighted by atomic mass is 10.2. The maximum Gasteiger partial charge on any atom is 0.242 e. The van der Waals surface area contributed by atoms with E-state index in [1.165, 1.54) is 0 Å². The van der Waals surface area contributed by atoms with E-state index < -0.39 is 8.32 Å². The molecule has 0 aliphatic heterocycles. The number of hydrogen-bond acceptors (Lipinski definition) is 2. The summed E-state index contributed by atoms with van der Waals surface area (Å²) in [5, 5.41) is 0. The molecular formula is C12H24O2Si. The zero-order valence-electron chi connectivity index (χ0n) is 11.0. The Hall–Kier alpha value is -0.703. The zero-order chi connectivity index (χ0) is 12.1. The van der Waals surface area contributed by atoms with Crippen molar-refractivity contribution in [2.75, 3.05) is 0 Å². The third-order valence-electron chi connectivity index (χ3n) is 1.36. The Morgan fingerprint density at radius 2 is 1.67 bits per heavy atom. The van der Waals surface area contributed by atoms with Gasteiger partial charge in [-0.1, -0.05) is 0 Å². The van der Waals surface area contributed by atoms with Gasteiger partial charge in [-0.05, 0) is 53.4 Å². The molecule has 0 radical (unpaired) electrons. The fourth-order valence-corrected chi connectivity index (χ4v) is 1.74. The molecule has 0 atom stereocenters. The molecule has 0 spiro atoms. The average molecular weight is 228 g/mol. The molecule has 0 aromatic carbocycles. The molecule has 3 heteroatoms. The van der Waals surface area contributed by atoms with Crippen molar-refractivity contribution >= 4 is 8.32 Å². The van der Waals surface area contributed by atoms with Crippen molar-refractivity contribution < 1.29 is 9.16 Å². The maximum absolute atomic E-state index is 5.83. The third-order valence-corrected chi connectivity index (χ3v) is 2.21. The van der Waals surface area contributed by atoms with Gasteiger partial charge >= 0.3 is 0 Å². The third kappa shape index (κ3) is 9.60. The number of rotatable bonds is 4. The van der Waals surface area contributed by atoms with E-state index in [0.29, 0.717) is 0 Å². The summed E-state index contributed by atoms with van der Waals surface area (Å²) < 4.78 is 11.3. The Morgan fingerprint density at radius 3 is 2.00 bits per heavy atom. The predicted octanol–water partition coefficient (Wildman–Crippen LogP) is 4.07. The SMILES string of the molecule is C/C=C(\C=C\OC(C)(C)C)O[Si](C)(C)C. The topological polar surface area (TPSA) is 18.5 Å². The Kier molecular flexibility index (Phi) is 5.15. The van der Waals surface area contributed by atoms with Gasteiger partial charge in [0.25, 0.3) is 0 Å². The molecule has 0 heterocycles. The van der Waals surface area contributed by atoms with Crippen molar-refractivity contribution in [2.24, 2.45) is 0 Å². The second-order valence-corrected chi connectivity index (χ2v) is 9.87. The molecule has 0 saturated heterocycles. The molecule has 0 amide bonds. The normalized spacial score (nSPS) is 14.5. The summed E-state index contributed by atoms with van der Waals surface area (Å²) in [7, 11) is -1.51. The Bertz CT molecular complexity index is 241. The fourth-order valence-electron chi connectivity index (χ4n) is 0.848. The van der Waals surface area contributed by atoms with Gasteiger partial charge in [0.2, 0.25) is 8.32 Å². The van der Waals surface area contributed by atoms with Crippen LogP contribution in [0.25, 0.3) is 0 Å². The van der Waals surface area contributed by atoms with E-state index in [2.05, 4.69) is 19.6 Å². The van der Waals surface area contributed by atoms with E-state index in [1.54, 1.807) is 6.26 Å². The van der Waals surface area contributed by atoms with Crippen LogP contribution in [0.15, 0.2) is 24.2 Å². The first kappa shape index (κ1) is 14.3. The van der Waals surface area contributed by atoms with Crippen molar-refractivity contribution in [3.8, 4) is 0 Å². The van der Waals surface area contributed by atoms with Gasteiger partial charge in [0.1, 0.15) is 5.76 Å². The van der Waals surface area contributed by atoms with Crippen LogP contribution < -0.4 is 0 Å². The Morgan fingerprint density at radius 1 is 1.13 bits per heavy atom. The lowest BCUT2D eigenvalue weighted by Crippen LogP contribution is -2.24. The molecular weight excluding hydrogens is 204 g/mol. The molecule has 2 nitrogen and oxygen atoms in total. The number of hydrogen-bond donors (Lipinski definition) is 0. The van der Waals surface area contributed by atoms with Crippen LogP contribution in [0.3, 0.4) is 0 Å². The van der Waals surface area contributed by atoms with Gasteiger partial charge < -0.3 is 9.16 Å². The first-order valence-electron chi connectivity index (χ1n) is 5.34. The number of allylic oxidation sites excluding steroid dienone is 2. The van der Waals surface area contributed by atoms with E-state index in [1.807, 2.05) is 39.8 Å². The van der Waals surface area contributed by atoms with Crippen LogP contribution in [0.4, 0.5) is 0 Å². The van der Waals surface area contributed by atoms with E-state index in [9.17, 15) is 0 Å². The minimum Gasteiger partial charge on any atom is -0.544 e. The molecule has 0 bridgehead atoms. The van der Waals surface area contributed by atoms with Gasteiger partial charge in [0, 0.05) is 6.08 Å². The predicted molar refractivity (Wildman–Crippen MR) is 68.2 cm³/mol. The van der Waals surface area contributed by atoms with Crippen molar-refractivity contribution in [2.45, 2.75) is 52.9 Å². The second kappa shape index (κ2) is 5.40. The summed E-state index contributed by atoms with van der Waals surface area (Å²) in [5.41, 5.74) is -0.144. The molecule has 0 fully saturated rings. The molecule has 0 rings (SSSR count). The first-order valence-corrected chi connectivity index (χ1v) is 8.74. The van der Waals surface area contributed by atoms with Gasteiger partial charge in [-0.2, -0.15) is 0 Å². The summed E-state index contributed by atoms with van der Waals surface area (Å²) in [5.74, 6) is 0.887. The summed E-state index contributed by atoms with van der Waals surface area (Å²) >= 11 is 0. The van der Waals surface area contributed by atoms with E-state index in [4.69, 9.17) is 9.16 Å². The minimum absolute atomic E-state index is 0.144. The molecule has 0 N–H and O–H groups in total. The second-order valence-electron chi connectivity index (χ2n) is 5.44. The smallest absolute Gasteiger partial charge is 0.242 e. The number of ether oxygens (including phenoxy) is 1. The fraction of sp³-hybridized carbons (Fsp3) is 0.667. The first-order chi connectivity index (χ1) is 6.64. The molecule has 0 unspecified atom stereocenters. The van der Waals surface area contributed by atoms with Gasteiger partial charge in [0.15, 0.2) is 0 Å². The molecule has 0 aromatic heterocycles. The highest BCUT2D eigenvalue weighted by Crippen LogP contribution is 2.13. The van der Waals surface area contributed by atoms with Crippen molar-refractivity contribution in [3.63, 3.8) is 0 Å². The van der Waals surface area contributed by atoms with Crippen LogP contribution in [0, 0.1) is 0 Å². The minimum atomic E-state index is -1.51. The highest BCUT2D eigenvalue weighted by atomic mass is 28.4. The monoisotopic (exact) mass is 228 g/mol. The van der Waals surface area contributed by atoms with Crippen LogP contribution in [0.2, 0.25) is 19.6 Å². The summed E-state index contributed by atoms with van der Waals surface area (Å²) in [6, 6.07) is 0. The van der Waals surface area contributed by atoms with Gasteiger partial charge in [-0.3, -0.25) is 0 Å². The van der Waals surface area contributed by atoms with Crippen molar-refractivity contribution in [1.82, 2.24) is 0 Å². The molecule has 0 saturated carbocycles. The summed E-state index contributed by atoms with van der Waals surface area (Å²) in [6.07, 6.45) is 5.54. The summed E-state index contributed by atoms with van der Waals surface area (Å²) in [4.78, 5) is 0. The maximum atomic E-state index is 5.83. The Balaban J connectivity index is 4.25. The lowest BCUT2D eigenvalue weighted by Gasteiger charge is -2.21. The van der Waals surface area contributed by atoms with Crippen LogP contribution in [0.1, 0.15) is 27.7 Å². The standard InChI is InChI=1S/C12H24O2Si/c1-8-11(14-15(5,6)7)9-10-13-12(2,3)4/h8-10H,1-7H3/b10-9+,11-8+. The quantitative estimate of drug-likeness (QED) is 0.410. The average Bonchev–Trinajstić information content (AvgIpc) is 1.97. The van der Waals surface area contributed by atoms with Crippen LogP contribution in [-0.2, 0) is 9.16 Å². The van der Waals surface area contributed by atoms with Gasteiger partial charge in [-0.25, -0.2) is 0 Å². The largest absolute Gasteiger partial charge is 0.544 e. The molecule has 88 valence electrons. The van der Waals surface area contributed by atoms with Gasteiger partial charge in [0.05, 0.1) is 11.9 Å². The Labute approximate surface area is 95.1 Å². The van der Waals surface area contributed by atoms with E-state index in [-0.39, 0.29) is 5.60 Å². The van der Waals surface area contributed by atoms with Crippen LogP contribution >= 0.6 is 0 Å². The zero-order valence-corrected chi connectivity index (χ0v) is 12.0. The molecule has 0 aromatic rings. The molecule has 0 aliphatic rings. The highest BCUT2D eigenvalue weighted by molar-refractivity contribution is 6.70. The molecule has 15 heavy (non-hydrogen) atoms. The van der Waals surface area contributed by atoms with Crippen molar-refractivity contribution in [1.29, 1.82) is 0 Å². The summed E-state index contributed by atoms with van der Waals surface area (Å²) in [6.45, 7) is 14.5. The molecule has 0 aliphatic carbocycles. The van der Waals surface area contributed by atoms with E-state index in [0.717, 1.165) is 5.76 Å².